The molecular weight excluding hydrogens is 255 g/mol. The number of nitrogens with zero attached hydrogens (tertiary/aromatic N) is 1. The molecule has 0 aromatic heterocycles. The van der Waals surface area contributed by atoms with Gasteiger partial charge in [0.1, 0.15) is 12.0 Å². The van der Waals surface area contributed by atoms with Crippen molar-refractivity contribution in [2.24, 2.45) is 11.8 Å². The Kier molecular flexibility index (Phi) is 4.43. The smallest absolute Gasteiger partial charge is 0.241 e. The van der Waals surface area contributed by atoms with Gasteiger partial charge in [-0.15, -0.1) is 0 Å². The van der Waals surface area contributed by atoms with Crippen LogP contribution in [-0.2, 0) is 4.79 Å². The van der Waals surface area contributed by atoms with Crippen LogP contribution in [-0.4, -0.2) is 23.4 Å². The van der Waals surface area contributed by atoms with E-state index in [1.807, 2.05) is 17.9 Å². The van der Waals surface area contributed by atoms with Gasteiger partial charge in [0.15, 0.2) is 0 Å². The third kappa shape index (κ3) is 3.01. The van der Waals surface area contributed by atoms with E-state index in [2.05, 4.69) is 26.1 Å². The van der Waals surface area contributed by atoms with Gasteiger partial charge in [-0.3, -0.25) is 10.1 Å². The lowest BCUT2D eigenvalue weighted by Gasteiger charge is -2.29. The fourth-order valence-corrected chi connectivity index (χ4v) is 2.44. The molecule has 0 radical (unpaired) electrons. The highest BCUT2D eigenvalue weighted by Gasteiger charge is 2.37. The molecule has 3 atom stereocenters. The predicted octanol–water partition coefficient (Wildman–Crippen LogP) is 2.94. The van der Waals surface area contributed by atoms with Gasteiger partial charge in [0, 0.05) is 6.54 Å². The third-order valence-corrected chi connectivity index (χ3v) is 4.16. The number of benzene rings is 1. The zero-order valence-electron chi connectivity index (χ0n) is 12.6. The molecule has 20 heavy (non-hydrogen) atoms. The number of carbonyl (C=O) groups excluding carboxylic acids is 1. The molecule has 1 saturated heterocycles. The van der Waals surface area contributed by atoms with E-state index >= 15 is 0 Å². The van der Waals surface area contributed by atoms with Crippen LogP contribution in [0.1, 0.15) is 39.4 Å². The second kappa shape index (κ2) is 5.92. The van der Waals surface area contributed by atoms with E-state index in [4.69, 9.17) is 0 Å². The van der Waals surface area contributed by atoms with Crippen molar-refractivity contribution in [1.82, 2.24) is 10.2 Å². The molecule has 0 spiro atoms. The number of rotatable bonds is 4. The molecule has 1 heterocycles. The van der Waals surface area contributed by atoms with Gasteiger partial charge >= 0.3 is 0 Å². The predicted molar refractivity (Wildman–Crippen MR) is 77.5 cm³/mol. The molecule has 1 fully saturated rings. The number of nitrogens with one attached hydrogen (secondary N) is 1. The SMILES string of the molecule is CC1NC(c2cccc(F)c2)N(CC(C)C(C)C)C1=O. The summed E-state index contributed by atoms with van der Waals surface area (Å²) in [5.74, 6) is 0.730. The molecule has 0 aliphatic carbocycles. The minimum Gasteiger partial charge on any atom is -0.321 e. The highest BCUT2D eigenvalue weighted by atomic mass is 19.1. The van der Waals surface area contributed by atoms with Crippen LogP contribution < -0.4 is 5.32 Å². The molecular formula is C16H23FN2O. The van der Waals surface area contributed by atoms with Crippen LogP contribution in [0, 0.1) is 17.7 Å². The summed E-state index contributed by atoms with van der Waals surface area (Å²) in [6.45, 7) is 8.99. The first kappa shape index (κ1) is 15.0. The number of hydrogen-bond donors (Lipinski definition) is 1. The Morgan fingerprint density at radius 3 is 2.65 bits per heavy atom. The molecule has 1 aliphatic heterocycles. The molecule has 1 aliphatic rings. The highest BCUT2D eigenvalue weighted by molar-refractivity contribution is 5.84. The fraction of sp³-hybridized carbons (Fsp3) is 0.562. The maximum absolute atomic E-state index is 13.4. The van der Waals surface area contributed by atoms with Gasteiger partial charge < -0.3 is 4.90 Å². The Bertz CT molecular complexity index is 489. The molecule has 1 aromatic rings. The molecule has 3 unspecified atom stereocenters. The summed E-state index contributed by atoms with van der Waals surface area (Å²) >= 11 is 0. The highest BCUT2D eigenvalue weighted by Crippen LogP contribution is 2.27. The number of amides is 1. The average molecular weight is 278 g/mol. The summed E-state index contributed by atoms with van der Waals surface area (Å²) < 4.78 is 13.4. The first-order valence-electron chi connectivity index (χ1n) is 7.22. The Hall–Kier alpha value is -1.42. The average Bonchev–Trinajstić information content (AvgIpc) is 2.67. The van der Waals surface area contributed by atoms with E-state index in [0.717, 1.165) is 5.56 Å². The van der Waals surface area contributed by atoms with Crippen molar-refractivity contribution in [3.8, 4) is 0 Å². The minimum absolute atomic E-state index is 0.0896. The monoisotopic (exact) mass is 278 g/mol. The van der Waals surface area contributed by atoms with E-state index in [1.54, 1.807) is 6.07 Å². The summed E-state index contributed by atoms with van der Waals surface area (Å²) in [4.78, 5) is 14.1. The third-order valence-electron chi connectivity index (χ3n) is 4.16. The van der Waals surface area contributed by atoms with Gasteiger partial charge in [0.05, 0.1) is 6.04 Å². The zero-order valence-corrected chi connectivity index (χ0v) is 12.6. The second-order valence-electron chi connectivity index (χ2n) is 6.06. The Balaban J connectivity index is 2.24. The van der Waals surface area contributed by atoms with Crippen molar-refractivity contribution >= 4 is 5.91 Å². The van der Waals surface area contributed by atoms with Gasteiger partial charge in [-0.1, -0.05) is 32.9 Å². The zero-order chi connectivity index (χ0) is 14.9. The largest absolute Gasteiger partial charge is 0.321 e. The normalized spacial score (nSPS) is 24.5. The van der Waals surface area contributed by atoms with Crippen LogP contribution in [0.2, 0.25) is 0 Å². The Morgan fingerprint density at radius 1 is 1.35 bits per heavy atom. The molecule has 1 aromatic carbocycles. The lowest BCUT2D eigenvalue weighted by atomic mass is 9.97. The van der Waals surface area contributed by atoms with E-state index < -0.39 is 0 Å². The van der Waals surface area contributed by atoms with Crippen LogP contribution in [0.4, 0.5) is 4.39 Å². The topological polar surface area (TPSA) is 32.3 Å². The summed E-state index contributed by atoms with van der Waals surface area (Å²) in [6, 6.07) is 6.24. The van der Waals surface area contributed by atoms with Crippen LogP contribution in [0.25, 0.3) is 0 Å². The molecule has 3 nitrogen and oxygen atoms in total. The molecule has 110 valence electrons. The first-order valence-corrected chi connectivity index (χ1v) is 7.22. The number of hydrogen-bond acceptors (Lipinski definition) is 2. The van der Waals surface area contributed by atoms with Crippen molar-refractivity contribution in [2.75, 3.05) is 6.54 Å². The molecule has 1 amide bonds. The van der Waals surface area contributed by atoms with E-state index in [1.165, 1.54) is 12.1 Å². The van der Waals surface area contributed by atoms with Crippen molar-refractivity contribution in [3.63, 3.8) is 0 Å². The van der Waals surface area contributed by atoms with Crippen LogP contribution in [0.3, 0.4) is 0 Å². The van der Waals surface area contributed by atoms with E-state index in [0.29, 0.717) is 18.4 Å². The van der Waals surface area contributed by atoms with E-state index in [-0.39, 0.29) is 23.9 Å². The van der Waals surface area contributed by atoms with Crippen molar-refractivity contribution in [3.05, 3.63) is 35.6 Å². The summed E-state index contributed by atoms with van der Waals surface area (Å²) in [5.41, 5.74) is 0.804. The lowest BCUT2D eigenvalue weighted by molar-refractivity contribution is -0.130. The first-order chi connectivity index (χ1) is 9.40. The minimum atomic E-state index is -0.270. The molecule has 4 heteroatoms. The maximum Gasteiger partial charge on any atom is 0.241 e. The Labute approximate surface area is 120 Å². The standard InChI is InChI=1S/C16H23FN2O/c1-10(2)11(3)9-19-15(18-12(4)16(19)20)13-6-5-7-14(17)8-13/h5-8,10-12,15,18H,9H2,1-4H3. The maximum atomic E-state index is 13.4. The molecule has 1 N–H and O–H groups in total. The van der Waals surface area contributed by atoms with Crippen molar-refractivity contribution in [2.45, 2.75) is 39.9 Å². The summed E-state index contributed by atoms with van der Waals surface area (Å²) in [6.07, 6.45) is -0.227. The summed E-state index contributed by atoms with van der Waals surface area (Å²) in [5, 5.41) is 3.25. The second-order valence-corrected chi connectivity index (χ2v) is 6.06. The fourth-order valence-electron chi connectivity index (χ4n) is 2.44. The van der Waals surface area contributed by atoms with Gasteiger partial charge in [0.2, 0.25) is 5.91 Å². The van der Waals surface area contributed by atoms with Gasteiger partial charge in [-0.2, -0.15) is 0 Å². The summed E-state index contributed by atoms with van der Waals surface area (Å²) in [7, 11) is 0. The molecule has 2 rings (SSSR count). The van der Waals surface area contributed by atoms with Crippen molar-refractivity contribution in [1.29, 1.82) is 0 Å². The van der Waals surface area contributed by atoms with Crippen LogP contribution in [0.15, 0.2) is 24.3 Å². The molecule has 0 bridgehead atoms. The molecule has 0 saturated carbocycles. The number of halogens is 1. The Morgan fingerprint density at radius 2 is 2.05 bits per heavy atom. The van der Waals surface area contributed by atoms with Gasteiger partial charge in [-0.25, -0.2) is 4.39 Å². The van der Waals surface area contributed by atoms with Crippen LogP contribution >= 0.6 is 0 Å². The quantitative estimate of drug-likeness (QED) is 0.918. The van der Waals surface area contributed by atoms with Crippen LogP contribution in [0.5, 0.6) is 0 Å². The van der Waals surface area contributed by atoms with Gasteiger partial charge in [0.25, 0.3) is 0 Å². The van der Waals surface area contributed by atoms with E-state index in [9.17, 15) is 9.18 Å². The number of carbonyl (C=O) groups is 1. The lowest BCUT2D eigenvalue weighted by Crippen LogP contribution is -2.35. The van der Waals surface area contributed by atoms with Gasteiger partial charge in [-0.05, 0) is 36.5 Å². The van der Waals surface area contributed by atoms with Crippen molar-refractivity contribution < 1.29 is 9.18 Å².